The molecule has 0 aromatic rings. The van der Waals surface area contributed by atoms with Crippen molar-refractivity contribution in [3.05, 3.63) is 0 Å². The molecule has 1 heterocycles. The summed E-state index contributed by atoms with van der Waals surface area (Å²) in [6.07, 6.45) is -0.790. The molecule has 1 aliphatic rings. The van der Waals surface area contributed by atoms with Gasteiger partial charge in [0.25, 0.3) is 6.41 Å². The molecule has 0 saturated carbocycles. The van der Waals surface area contributed by atoms with Gasteiger partial charge in [-0.2, -0.15) is 0 Å². The van der Waals surface area contributed by atoms with E-state index in [0.29, 0.717) is 0 Å². The topological polar surface area (TPSA) is 68.5 Å². The SMILES string of the molecule is NC1ONC(=S)NO1. The van der Waals surface area contributed by atoms with Crippen LogP contribution in [0, 0.1) is 0 Å². The minimum absolute atomic E-state index is 0.270. The van der Waals surface area contributed by atoms with Crippen LogP contribution in [0.2, 0.25) is 0 Å². The normalized spacial score (nSPS) is 21.9. The second kappa shape index (κ2) is 2.23. The molecule has 0 spiro atoms. The third-order valence-corrected chi connectivity index (χ3v) is 0.702. The predicted molar refractivity (Wildman–Crippen MR) is 29.0 cm³/mol. The van der Waals surface area contributed by atoms with Crippen LogP contribution in [0.15, 0.2) is 0 Å². The van der Waals surface area contributed by atoms with E-state index in [2.05, 4.69) is 32.9 Å². The molecule has 0 bridgehead atoms. The molecule has 8 heavy (non-hydrogen) atoms. The van der Waals surface area contributed by atoms with Gasteiger partial charge in [-0.3, -0.25) is 5.73 Å². The Kier molecular flexibility index (Phi) is 1.59. The second-order valence-electron chi connectivity index (χ2n) is 1.14. The number of hydrogen-bond acceptors (Lipinski definition) is 4. The smallest absolute Gasteiger partial charge is 0.260 e. The van der Waals surface area contributed by atoms with Crippen LogP contribution in [0.4, 0.5) is 0 Å². The van der Waals surface area contributed by atoms with Gasteiger partial charge in [0.05, 0.1) is 0 Å². The molecule has 0 amide bonds. The van der Waals surface area contributed by atoms with Crippen molar-refractivity contribution < 1.29 is 9.68 Å². The lowest BCUT2D eigenvalue weighted by Gasteiger charge is -2.20. The molecule has 0 aliphatic carbocycles. The standard InChI is InChI=1S/C2H5N3O2S/c3-1-6-4-2(8)5-7-1/h1H,3H2,(H2,4,5,8). The van der Waals surface area contributed by atoms with Crippen LogP contribution in [-0.2, 0) is 9.68 Å². The zero-order valence-corrected chi connectivity index (χ0v) is 4.70. The maximum Gasteiger partial charge on any atom is 0.260 e. The third-order valence-electron chi connectivity index (χ3n) is 0.536. The summed E-state index contributed by atoms with van der Waals surface area (Å²) in [5.74, 6) is 0. The van der Waals surface area contributed by atoms with E-state index in [9.17, 15) is 0 Å². The highest BCUT2D eigenvalue weighted by molar-refractivity contribution is 7.80. The lowest BCUT2D eigenvalue weighted by atomic mass is 11.1. The molecule has 1 aliphatic heterocycles. The average molecular weight is 135 g/mol. The summed E-state index contributed by atoms with van der Waals surface area (Å²) in [5.41, 5.74) is 9.67. The quantitative estimate of drug-likeness (QED) is 0.354. The molecule has 0 aromatic carbocycles. The molecule has 1 rings (SSSR count). The molecule has 4 N–H and O–H groups in total. The van der Waals surface area contributed by atoms with Crippen LogP contribution in [0.1, 0.15) is 0 Å². The number of thiocarbonyl (C=S) groups is 1. The minimum Gasteiger partial charge on any atom is -0.279 e. The summed E-state index contributed by atoms with van der Waals surface area (Å²) in [6, 6.07) is 0. The zero-order chi connectivity index (χ0) is 5.98. The monoisotopic (exact) mass is 135 g/mol. The van der Waals surface area contributed by atoms with Crippen molar-refractivity contribution in [1.29, 1.82) is 0 Å². The summed E-state index contributed by atoms with van der Waals surface area (Å²) < 4.78 is 0. The Morgan fingerprint density at radius 2 is 2.00 bits per heavy atom. The molecule has 0 atom stereocenters. The van der Waals surface area contributed by atoms with E-state index in [0.717, 1.165) is 0 Å². The predicted octanol–water partition coefficient (Wildman–Crippen LogP) is -1.43. The molecule has 1 saturated heterocycles. The van der Waals surface area contributed by atoms with Crippen molar-refractivity contribution in [3.63, 3.8) is 0 Å². The van der Waals surface area contributed by atoms with E-state index >= 15 is 0 Å². The van der Waals surface area contributed by atoms with Gasteiger partial charge in [0.2, 0.25) is 5.11 Å². The van der Waals surface area contributed by atoms with Gasteiger partial charge in [-0.25, -0.2) is 20.6 Å². The van der Waals surface area contributed by atoms with Crippen LogP contribution in [0.25, 0.3) is 0 Å². The first-order chi connectivity index (χ1) is 3.79. The molecular formula is C2H5N3O2S. The van der Waals surface area contributed by atoms with E-state index in [4.69, 9.17) is 5.73 Å². The molecule has 5 nitrogen and oxygen atoms in total. The molecule has 0 aromatic heterocycles. The zero-order valence-electron chi connectivity index (χ0n) is 3.88. The van der Waals surface area contributed by atoms with Gasteiger partial charge in [0.1, 0.15) is 0 Å². The number of hydroxylamine groups is 2. The Bertz CT molecular complexity index is 97.5. The fourth-order valence-corrected chi connectivity index (χ4v) is 0.364. The first-order valence-corrected chi connectivity index (χ1v) is 2.33. The molecule has 6 heteroatoms. The maximum atomic E-state index is 5.07. The molecule has 46 valence electrons. The fourth-order valence-electron chi connectivity index (χ4n) is 0.268. The van der Waals surface area contributed by atoms with Gasteiger partial charge < -0.3 is 0 Å². The van der Waals surface area contributed by atoms with Crippen LogP contribution in [-0.4, -0.2) is 11.5 Å². The van der Waals surface area contributed by atoms with Gasteiger partial charge in [-0.05, 0) is 12.2 Å². The van der Waals surface area contributed by atoms with Gasteiger partial charge >= 0.3 is 0 Å². The Morgan fingerprint density at radius 3 is 2.38 bits per heavy atom. The number of rotatable bonds is 0. The lowest BCUT2D eigenvalue weighted by Crippen LogP contribution is -2.50. The fraction of sp³-hybridized carbons (Fsp3) is 0.500. The first-order valence-electron chi connectivity index (χ1n) is 1.92. The second-order valence-corrected chi connectivity index (χ2v) is 1.55. The summed E-state index contributed by atoms with van der Waals surface area (Å²) in [4.78, 5) is 8.98. The van der Waals surface area contributed by atoms with Crippen molar-refractivity contribution in [2.75, 3.05) is 0 Å². The van der Waals surface area contributed by atoms with E-state index < -0.39 is 6.41 Å². The van der Waals surface area contributed by atoms with Crippen LogP contribution in [0.3, 0.4) is 0 Å². The number of nitrogens with one attached hydrogen (secondary N) is 2. The number of nitrogens with two attached hydrogens (primary N) is 1. The Morgan fingerprint density at radius 1 is 1.50 bits per heavy atom. The van der Waals surface area contributed by atoms with Crippen molar-refractivity contribution >= 4 is 17.3 Å². The average Bonchev–Trinajstić information content (AvgIpc) is 1.77. The first kappa shape index (κ1) is 5.70. The third kappa shape index (κ3) is 1.27. The highest BCUT2D eigenvalue weighted by Gasteiger charge is 2.10. The molecule has 0 radical (unpaired) electrons. The summed E-state index contributed by atoms with van der Waals surface area (Å²) in [5, 5.41) is 0.270. The molecule has 1 fully saturated rings. The summed E-state index contributed by atoms with van der Waals surface area (Å²) >= 11 is 4.53. The Balaban J connectivity index is 2.29. The van der Waals surface area contributed by atoms with Gasteiger partial charge in [-0.1, -0.05) is 0 Å². The van der Waals surface area contributed by atoms with Crippen molar-refractivity contribution in [2.24, 2.45) is 5.73 Å². The van der Waals surface area contributed by atoms with Crippen molar-refractivity contribution in [2.45, 2.75) is 6.41 Å². The Hall–Kier alpha value is -0.430. The minimum atomic E-state index is -0.790. The van der Waals surface area contributed by atoms with E-state index in [1.807, 2.05) is 0 Å². The van der Waals surface area contributed by atoms with Crippen LogP contribution >= 0.6 is 12.2 Å². The largest absolute Gasteiger partial charge is 0.279 e. The molecule has 0 unspecified atom stereocenters. The maximum absolute atomic E-state index is 5.07. The van der Waals surface area contributed by atoms with Crippen LogP contribution in [0.5, 0.6) is 0 Å². The Labute approximate surface area is 51.0 Å². The van der Waals surface area contributed by atoms with Crippen molar-refractivity contribution in [1.82, 2.24) is 11.0 Å². The lowest BCUT2D eigenvalue weighted by molar-refractivity contribution is -0.206. The highest BCUT2D eigenvalue weighted by Crippen LogP contribution is 1.84. The van der Waals surface area contributed by atoms with E-state index in [-0.39, 0.29) is 5.11 Å². The summed E-state index contributed by atoms with van der Waals surface area (Å²) in [7, 11) is 0. The molecular weight excluding hydrogens is 130 g/mol. The number of hydrogen-bond donors (Lipinski definition) is 3. The van der Waals surface area contributed by atoms with E-state index in [1.165, 1.54) is 0 Å². The highest BCUT2D eigenvalue weighted by atomic mass is 32.1. The van der Waals surface area contributed by atoms with Gasteiger partial charge in [-0.15, -0.1) is 0 Å². The van der Waals surface area contributed by atoms with Gasteiger partial charge in [0.15, 0.2) is 0 Å². The van der Waals surface area contributed by atoms with Crippen molar-refractivity contribution in [3.8, 4) is 0 Å². The van der Waals surface area contributed by atoms with E-state index in [1.54, 1.807) is 0 Å². The van der Waals surface area contributed by atoms with Crippen LogP contribution < -0.4 is 16.7 Å². The summed E-state index contributed by atoms with van der Waals surface area (Å²) in [6.45, 7) is 0. The van der Waals surface area contributed by atoms with Gasteiger partial charge in [0, 0.05) is 0 Å².